The van der Waals surface area contributed by atoms with Crippen LogP contribution in [0.5, 0.6) is 0 Å². The van der Waals surface area contributed by atoms with Gasteiger partial charge >= 0.3 is 0 Å². The van der Waals surface area contributed by atoms with E-state index in [1.54, 1.807) is 6.92 Å². The normalized spacial score (nSPS) is 58.0. The molecule has 1 saturated heterocycles. The SMILES string of the molecule is CO[C@]12C[C@@H](O)CC[C@@]13CO[C@@H]2C[C@H]1[C@@H]2CC[C@H](C(C)=O)[C@@]2(C)CC[C@@H]13. The number of methoxy groups -OCH3 is 1. The van der Waals surface area contributed by atoms with E-state index in [1.165, 1.54) is 12.8 Å². The zero-order chi connectivity index (χ0) is 18.3. The van der Waals surface area contributed by atoms with Crippen molar-refractivity contribution in [3.8, 4) is 0 Å². The molecule has 9 atom stereocenters. The van der Waals surface area contributed by atoms with Gasteiger partial charge in [0.15, 0.2) is 0 Å². The molecule has 0 aromatic heterocycles. The second-order valence-electron chi connectivity index (χ2n) is 10.3. The fourth-order valence-electron chi connectivity index (χ4n) is 8.82. The molecule has 5 fully saturated rings. The van der Waals surface area contributed by atoms with Crippen molar-refractivity contribution in [1.82, 2.24) is 0 Å². The maximum Gasteiger partial charge on any atom is 0.133 e. The number of Topliss-reactive ketones (excluding diaryl/α,β-unsaturated/α-hetero) is 1. The number of rotatable bonds is 2. The maximum absolute atomic E-state index is 12.3. The van der Waals surface area contributed by atoms with Gasteiger partial charge in [-0.3, -0.25) is 4.79 Å². The molecule has 1 heterocycles. The molecule has 4 heteroatoms. The maximum atomic E-state index is 12.3. The van der Waals surface area contributed by atoms with Gasteiger partial charge in [-0.15, -0.1) is 0 Å². The fraction of sp³-hybridized carbons (Fsp3) is 0.955. The average Bonchev–Trinajstić information content (AvgIpc) is 3.06. The molecule has 0 radical (unpaired) electrons. The molecule has 0 unspecified atom stereocenters. The summed E-state index contributed by atoms with van der Waals surface area (Å²) >= 11 is 0. The smallest absolute Gasteiger partial charge is 0.133 e. The van der Waals surface area contributed by atoms with E-state index in [1.807, 2.05) is 7.11 Å². The van der Waals surface area contributed by atoms with Gasteiger partial charge in [-0.1, -0.05) is 6.92 Å². The molecule has 0 aromatic carbocycles. The lowest BCUT2D eigenvalue weighted by atomic mass is 9.43. The van der Waals surface area contributed by atoms with Crippen LogP contribution >= 0.6 is 0 Å². The lowest BCUT2D eigenvalue weighted by Gasteiger charge is -2.63. The van der Waals surface area contributed by atoms with Crippen LogP contribution in [-0.2, 0) is 14.3 Å². The molecule has 146 valence electrons. The minimum Gasteiger partial charge on any atom is -0.393 e. The zero-order valence-electron chi connectivity index (χ0n) is 16.5. The van der Waals surface area contributed by atoms with E-state index in [-0.39, 0.29) is 34.6 Å². The van der Waals surface area contributed by atoms with Gasteiger partial charge < -0.3 is 14.6 Å². The van der Waals surface area contributed by atoms with E-state index < -0.39 is 0 Å². The van der Waals surface area contributed by atoms with E-state index in [0.717, 1.165) is 45.1 Å². The average molecular weight is 363 g/mol. The van der Waals surface area contributed by atoms with Crippen LogP contribution in [-0.4, -0.2) is 42.4 Å². The molecule has 5 aliphatic rings. The summed E-state index contributed by atoms with van der Waals surface area (Å²) < 4.78 is 12.6. The molecule has 0 aromatic rings. The van der Waals surface area contributed by atoms with Crippen molar-refractivity contribution in [1.29, 1.82) is 0 Å². The van der Waals surface area contributed by atoms with E-state index in [4.69, 9.17) is 9.47 Å². The van der Waals surface area contributed by atoms with Crippen LogP contribution in [0.25, 0.3) is 0 Å². The van der Waals surface area contributed by atoms with Gasteiger partial charge in [0.1, 0.15) is 11.4 Å². The van der Waals surface area contributed by atoms with Crippen molar-refractivity contribution in [2.75, 3.05) is 13.7 Å². The summed E-state index contributed by atoms with van der Waals surface area (Å²) in [6.07, 6.45) is 8.18. The second kappa shape index (κ2) is 5.55. The van der Waals surface area contributed by atoms with Crippen LogP contribution in [0.2, 0.25) is 0 Å². The topological polar surface area (TPSA) is 55.8 Å². The van der Waals surface area contributed by atoms with Crippen molar-refractivity contribution in [2.24, 2.45) is 34.5 Å². The Kier molecular flexibility index (Phi) is 3.76. The van der Waals surface area contributed by atoms with Gasteiger partial charge in [0, 0.05) is 24.9 Å². The number of ether oxygens (including phenoxy) is 2. The van der Waals surface area contributed by atoms with Crippen LogP contribution < -0.4 is 0 Å². The first-order valence-electron chi connectivity index (χ1n) is 10.7. The van der Waals surface area contributed by atoms with Crippen molar-refractivity contribution in [2.45, 2.75) is 83.0 Å². The van der Waals surface area contributed by atoms with Crippen molar-refractivity contribution in [3.63, 3.8) is 0 Å². The lowest BCUT2D eigenvalue weighted by Crippen LogP contribution is -2.67. The Labute approximate surface area is 157 Å². The molecule has 4 aliphatic carbocycles. The minimum absolute atomic E-state index is 0.0736. The molecule has 2 bridgehead atoms. The van der Waals surface area contributed by atoms with Crippen molar-refractivity contribution < 1.29 is 19.4 Å². The predicted octanol–water partition coefficient (Wildman–Crippen LogP) is 3.35. The second-order valence-corrected chi connectivity index (χ2v) is 10.3. The highest BCUT2D eigenvalue weighted by Gasteiger charge is 2.73. The minimum atomic E-state index is -0.293. The number of fused-ring (bicyclic) bond motifs is 3. The third-order valence-electron chi connectivity index (χ3n) is 9.86. The molecule has 4 saturated carbocycles. The number of hydrogen-bond acceptors (Lipinski definition) is 4. The van der Waals surface area contributed by atoms with E-state index in [2.05, 4.69) is 6.92 Å². The number of carbonyl (C=O) groups is 1. The quantitative estimate of drug-likeness (QED) is 0.818. The highest BCUT2D eigenvalue weighted by Crippen LogP contribution is 2.71. The first-order valence-corrected chi connectivity index (χ1v) is 10.7. The van der Waals surface area contributed by atoms with Crippen LogP contribution in [0.3, 0.4) is 0 Å². The summed E-state index contributed by atoms with van der Waals surface area (Å²) in [7, 11) is 1.84. The highest BCUT2D eigenvalue weighted by molar-refractivity contribution is 5.79. The van der Waals surface area contributed by atoms with Gasteiger partial charge in [-0.05, 0) is 75.0 Å². The van der Waals surface area contributed by atoms with E-state index in [0.29, 0.717) is 23.5 Å². The molecule has 0 amide bonds. The molecule has 26 heavy (non-hydrogen) atoms. The molecule has 5 rings (SSSR count). The van der Waals surface area contributed by atoms with Gasteiger partial charge in [0.05, 0.1) is 18.8 Å². The monoisotopic (exact) mass is 362 g/mol. The zero-order valence-corrected chi connectivity index (χ0v) is 16.5. The fourth-order valence-corrected chi connectivity index (χ4v) is 8.82. The Morgan fingerprint density at radius 3 is 2.69 bits per heavy atom. The van der Waals surface area contributed by atoms with Gasteiger partial charge in [0.25, 0.3) is 0 Å². The summed E-state index contributed by atoms with van der Waals surface area (Å²) in [6.45, 7) is 5.00. The predicted molar refractivity (Wildman–Crippen MR) is 97.6 cm³/mol. The molecular weight excluding hydrogens is 328 g/mol. The highest BCUT2D eigenvalue weighted by atomic mass is 16.6. The van der Waals surface area contributed by atoms with Crippen LogP contribution in [0.1, 0.15) is 65.2 Å². The van der Waals surface area contributed by atoms with E-state index >= 15 is 0 Å². The molecule has 1 N–H and O–H groups in total. The number of ketones is 1. The van der Waals surface area contributed by atoms with Crippen LogP contribution in [0.4, 0.5) is 0 Å². The standard InChI is InChI=1S/C22H34O4/c1-13(23)16-4-5-17-15-10-19-22(25-3)11-14(24)6-9-21(22,12-26-19)18(15)7-8-20(16,17)2/h14-19,24H,4-12H2,1-3H3/t14-,15-,16+,17-,18-,19+,20+,21-,22-/m0/s1. The van der Waals surface area contributed by atoms with Crippen molar-refractivity contribution >= 4 is 5.78 Å². The summed E-state index contributed by atoms with van der Waals surface area (Å²) in [5.41, 5.74) is -0.0350. The number of hydrogen-bond donors (Lipinski definition) is 1. The number of carbonyl (C=O) groups excluding carboxylic acids is 1. The Balaban J connectivity index is 1.54. The summed E-state index contributed by atoms with van der Waals surface area (Å²) in [6, 6.07) is 0. The number of aliphatic hydroxyl groups excluding tert-OH is 1. The van der Waals surface area contributed by atoms with Gasteiger partial charge in [-0.25, -0.2) is 0 Å². The van der Waals surface area contributed by atoms with Crippen LogP contribution in [0.15, 0.2) is 0 Å². The molecule has 1 aliphatic heterocycles. The Morgan fingerprint density at radius 2 is 1.96 bits per heavy atom. The summed E-state index contributed by atoms with van der Waals surface area (Å²) in [5.74, 6) is 2.58. The number of aliphatic hydroxyl groups is 1. The first kappa shape index (κ1) is 17.6. The third kappa shape index (κ3) is 1.89. The first-order chi connectivity index (χ1) is 12.4. The Hall–Kier alpha value is -0.450. The molecule has 4 nitrogen and oxygen atoms in total. The molecule has 0 spiro atoms. The largest absolute Gasteiger partial charge is 0.393 e. The summed E-state index contributed by atoms with van der Waals surface area (Å²) in [4.78, 5) is 12.3. The summed E-state index contributed by atoms with van der Waals surface area (Å²) in [5, 5.41) is 10.4. The van der Waals surface area contributed by atoms with Crippen LogP contribution in [0, 0.1) is 34.5 Å². The lowest BCUT2D eigenvalue weighted by molar-refractivity contribution is -0.226. The Morgan fingerprint density at radius 1 is 1.15 bits per heavy atom. The van der Waals surface area contributed by atoms with Gasteiger partial charge in [0.2, 0.25) is 0 Å². The van der Waals surface area contributed by atoms with Crippen molar-refractivity contribution in [3.05, 3.63) is 0 Å². The molecular formula is C22H34O4. The Bertz CT molecular complexity index is 619. The van der Waals surface area contributed by atoms with Gasteiger partial charge in [-0.2, -0.15) is 0 Å². The van der Waals surface area contributed by atoms with E-state index in [9.17, 15) is 9.90 Å². The third-order valence-corrected chi connectivity index (χ3v) is 9.86.